The molecule has 1 heterocycles. The molecule has 1 N–H and O–H groups in total. The van der Waals surface area contributed by atoms with E-state index in [1.807, 2.05) is 38.1 Å². The number of halogens is 1. The van der Waals surface area contributed by atoms with E-state index in [9.17, 15) is 4.79 Å². The van der Waals surface area contributed by atoms with E-state index in [1.54, 1.807) is 36.6 Å². The van der Waals surface area contributed by atoms with Crippen molar-refractivity contribution < 1.29 is 9.53 Å². The zero-order valence-corrected chi connectivity index (χ0v) is 16.4. The monoisotopic (exact) mass is 386 g/mol. The van der Waals surface area contributed by atoms with Crippen molar-refractivity contribution in [3.05, 3.63) is 62.9 Å². The molecule has 134 valence electrons. The van der Waals surface area contributed by atoms with Gasteiger partial charge in [-0.2, -0.15) is 0 Å². The number of thiazole rings is 1. The molecule has 0 unspecified atom stereocenters. The van der Waals surface area contributed by atoms with E-state index in [4.69, 9.17) is 16.3 Å². The second kappa shape index (κ2) is 7.89. The van der Waals surface area contributed by atoms with Gasteiger partial charge in [0.25, 0.3) is 0 Å². The van der Waals surface area contributed by atoms with Gasteiger partial charge >= 0.3 is 0 Å². The highest BCUT2D eigenvalue weighted by Gasteiger charge is 2.15. The number of carbonyl (C=O) groups is 1. The van der Waals surface area contributed by atoms with Gasteiger partial charge in [-0.15, -0.1) is 11.3 Å². The van der Waals surface area contributed by atoms with Crippen LogP contribution in [0, 0.1) is 13.8 Å². The van der Waals surface area contributed by atoms with Gasteiger partial charge in [-0.1, -0.05) is 41.4 Å². The Morgan fingerprint density at radius 3 is 2.58 bits per heavy atom. The Hall–Kier alpha value is -2.37. The summed E-state index contributed by atoms with van der Waals surface area (Å²) in [5.74, 6) is 0.465. The number of carbonyl (C=O) groups excluding carboxylic acids is 1. The maximum absolute atomic E-state index is 12.5. The molecule has 2 aromatic carbocycles. The van der Waals surface area contributed by atoms with Crippen molar-refractivity contribution in [3.63, 3.8) is 0 Å². The number of ether oxygens (including phenoxy) is 1. The van der Waals surface area contributed by atoms with E-state index >= 15 is 0 Å². The SMILES string of the molecule is COc1ccc(NC(=O)Cc2sc(C)nc2-c2ccc(C)cc2)cc1Cl. The van der Waals surface area contributed by atoms with Crippen LogP contribution < -0.4 is 10.1 Å². The third-order valence-corrected chi connectivity index (χ3v) is 5.15. The van der Waals surface area contributed by atoms with Gasteiger partial charge in [0.05, 0.1) is 29.3 Å². The fourth-order valence-electron chi connectivity index (χ4n) is 2.62. The van der Waals surface area contributed by atoms with E-state index in [-0.39, 0.29) is 12.3 Å². The second-order valence-electron chi connectivity index (χ2n) is 5.94. The van der Waals surface area contributed by atoms with Crippen molar-refractivity contribution in [1.29, 1.82) is 0 Å². The number of methoxy groups -OCH3 is 1. The number of benzene rings is 2. The van der Waals surface area contributed by atoms with Crippen LogP contribution in [0.2, 0.25) is 5.02 Å². The van der Waals surface area contributed by atoms with Gasteiger partial charge in [0, 0.05) is 16.1 Å². The van der Waals surface area contributed by atoms with Gasteiger partial charge in [-0.3, -0.25) is 4.79 Å². The average Bonchev–Trinajstić information content (AvgIpc) is 2.96. The van der Waals surface area contributed by atoms with E-state index in [0.29, 0.717) is 16.5 Å². The summed E-state index contributed by atoms with van der Waals surface area (Å²) in [6, 6.07) is 13.3. The number of hydrogen-bond donors (Lipinski definition) is 1. The van der Waals surface area contributed by atoms with Crippen LogP contribution in [0.1, 0.15) is 15.4 Å². The Morgan fingerprint density at radius 1 is 1.19 bits per heavy atom. The number of aromatic nitrogens is 1. The summed E-state index contributed by atoms with van der Waals surface area (Å²) < 4.78 is 5.13. The Morgan fingerprint density at radius 2 is 1.92 bits per heavy atom. The quantitative estimate of drug-likeness (QED) is 0.649. The first kappa shape index (κ1) is 18.4. The normalized spacial score (nSPS) is 10.6. The van der Waals surface area contributed by atoms with Crippen LogP contribution in [0.5, 0.6) is 5.75 Å². The first-order valence-electron chi connectivity index (χ1n) is 8.13. The van der Waals surface area contributed by atoms with Crippen molar-refractivity contribution in [2.45, 2.75) is 20.3 Å². The van der Waals surface area contributed by atoms with Crippen molar-refractivity contribution in [2.75, 3.05) is 12.4 Å². The zero-order chi connectivity index (χ0) is 18.7. The van der Waals surface area contributed by atoms with Crippen molar-refractivity contribution in [3.8, 4) is 17.0 Å². The number of hydrogen-bond acceptors (Lipinski definition) is 4. The summed E-state index contributed by atoms with van der Waals surface area (Å²) in [4.78, 5) is 18.0. The van der Waals surface area contributed by atoms with E-state index in [1.165, 1.54) is 5.56 Å². The van der Waals surface area contributed by atoms with Crippen LogP contribution in [0.15, 0.2) is 42.5 Å². The highest BCUT2D eigenvalue weighted by molar-refractivity contribution is 7.12. The fraction of sp³-hybridized carbons (Fsp3) is 0.200. The van der Waals surface area contributed by atoms with Crippen LogP contribution in [0.3, 0.4) is 0 Å². The molecule has 0 bridgehead atoms. The van der Waals surface area contributed by atoms with Gasteiger partial charge in [0.15, 0.2) is 0 Å². The molecule has 0 saturated carbocycles. The highest BCUT2D eigenvalue weighted by atomic mass is 35.5. The second-order valence-corrected chi connectivity index (χ2v) is 7.64. The standard InChI is InChI=1S/C20H19ClN2O2S/c1-12-4-6-14(7-5-12)20-18(26-13(2)22-20)11-19(24)23-15-8-9-17(25-3)16(21)10-15/h4-10H,11H2,1-3H3,(H,23,24). The number of anilines is 1. The lowest BCUT2D eigenvalue weighted by Gasteiger charge is -2.08. The maximum atomic E-state index is 12.5. The van der Waals surface area contributed by atoms with Gasteiger partial charge < -0.3 is 10.1 Å². The molecule has 1 aromatic heterocycles. The lowest BCUT2D eigenvalue weighted by atomic mass is 10.1. The third-order valence-electron chi connectivity index (χ3n) is 3.89. The Labute approximate surface area is 161 Å². The topological polar surface area (TPSA) is 51.2 Å². The van der Waals surface area contributed by atoms with Crippen molar-refractivity contribution in [1.82, 2.24) is 4.98 Å². The van der Waals surface area contributed by atoms with Gasteiger partial charge in [-0.25, -0.2) is 4.98 Å². The molecule has 0 fully saturated rings. The van der Waals surface area contributed by atoms with E-state index < -0.39 is 0 Å². The summed E-state index contributed by atoms with van der Waals surface area (Å²) in [5, 5.41) is 4.28. The van der Waals surface area contributed by atoms with Gasteiger partial charge in [0.1, 0.15) is 5.75 Å². The largest absolute Gasteiger partial charge is 0.495 e. The average molecular weight is 387 g/mol. The molecule has 3 aromatic rings. The number of nitrogens with one attached hydrogen (secondary N) is 1. The predicted molar refractivity (Wildman–Crippen MR) is 107 cm³/mol. The smallest absolute Gasteiger partial charge is 0.229 e. The molecule has 0 radical (unpaired) electrons. The maximum Gasteiger partial charge on any atom is 0.229 e. The molecule has 0 aliphatic carbocycles. The van der Waals surface area contributed by atoms with Crippen molar-refractivity contribution >= 4 is 34.5 Å². The molecule has 0 aliphatic heterocycles. The molecule has 0 aliphatic rings. The molecule has 6 heteroatoms. The molecule has 0 atom stereocenters. The van der Waals surface area contributed by atoms with E-state index in [2.05, 4.69) is 10.3 Å². The molecule has 1 amide bonds. The van der Waals surface area contributed by atoms with Crippen LogP contribution in [-0.2, 0) is 11.2 Å². The molecule has 0 saturated heterocycles. The van der Waals surface area contributed by atoms with Gasteiger partial charge in [0.2, 0.25) is 5.91 Å². The lowest BCUT2D eigenvalue weighted by Crippen LogP contribution is -2.14. The van der Waals surface area contributed by atoms with Crippen LogP contribution in [-0.4, -0.2) is 18.0 Å². The van der Waals surface area contributed by atoms with E-state index in [0.717, 1.165) is 21.1 Å². The molecular weight excluding hydrogens is 368 g/mol. The van der Waals surface area contributed by atoms with Crippen LogP contribution in [0.25, 0.3) is 11.3 Å². The Balaban J connectivity index is 1.77. The lowest BCUT2D eigenvalue weighted by molar-refractivity contribution is -0.115. The number of nitrogens with zero attached hydrogens (tertiary/aromatic N) is 1. The molecule has 4 nitrogen and oxygen atoms in total. The minimum absolute atomic E-state index is 0.108. The summed E-state index contributed by atoms with van der Waals surface area (Å²) in [7, 11) is 1.55. The Bertz CT molecular complexity index is 935. The predicted octanol–water partition coefficient (Wildman–Crippen LogP) is 5.27. The number of rotatable bonds is 5. The minimum atomic E-state index is -0.108. The molecular formula is C20H19ClN2O2S. The first-order chi connectivity index (χ1) is 12.5. The molecule has 26 heavy (non-hydrogen) atoms. The Kier molecular flexibility index (Phi) is 5.59. The molecule has 3 rings (SSSR count). The minimum Gasteiger partial charge on any atom is -0.495 e. The fourth-order valence-corrected chi connectivity index (χ4v) is 3.84. The summed E-state index contributed by atoms with van der Waals surface area (Å²) in [6.07, 6.45) is 0.262. The first-order valence-corrected chi connectivity index (χ1v) is 9.32. The van der Waals surface area contributed by atoms with Crippen molar-refractivity contribution in [2.24, 2.45) is 0 Å². The summed E-state index contributed by atoms with van der Waals surface area (Å²) >= 11 is 7.65. The summed E-state index contributed by atoms with van der Waals surface area (Å²) in [6.45, 7) is 4.00. The zero-order valence-electron chi connectivity index (χ0n) is 14.8. The number of aryl methyl sites for hydroxylation is 2. The van der Waals surface area contributed by atoms with Crippen LogP contribution >= 0.6 is 22.9 Å². The van der Waals surface area contributed by atoms with Crippen LogP contribution in [0.4, 0.5) is 5.69 Å². The third kappa shape index (κ3) is 4.23. The highest BCUT2D eigenvalue weighted by Crippen LogP contribution is 2.30. The molecule has 0 spiro atoms. The number of amides is 1. The van der Waals surface area contributed by atoms with Gasteiger partial charge in [-0.05, 0) is 32.0 Å². The summed E-state index contributed by atoms with van der Waals surface area (Å²) in [5.41, 5.74) is 3.72.